The quantitative estimate of drug-likeness (QED) is 0.127. The molecule has 16 bridgehead atoms. The van der Waals surface area contributed by atoms with Crippen LogP contribution in [0.3, 0.4) is 0 Å². The van der Waals surface area contributed by atoms with Crippen LogP contribution in [-0.2, 0) is 0 Å². The Bertz CT molecular complexity index is 4980. The Morgan fingerprint density at radius 2 is 0.300 bits per heavy atom. The van der Waals surface area contributed by atoms with Crippen molar-refractivity contribution in [1.82, 2.24) is 39.9 Å². The summed E-state index contributed by atoms with van der Waals surface area (Å²) in [6.07, 6.45) is 17.3. The molecule has 8 nitrogen and oxygen atoms in total. The highest BCUT2D eigenvalue weighted by molar-refractivity contribution is 6.06. The maximum Gasteiger partial charge on any atom is 0.0738 e. The monoisotopic (exact) mass is 1160 g/mol. The van der Waals surface area contributed by atoms with Gasteiger partial charge in [0.25, 0.3) is 0 Å². The van der Waals surface area contributed by atoms with Gasteiger partial charge in [-0.2, -0.15) is 0 Å². The number of aromatic nitrogens is 8. The molecule has 430 valence electrons. The first-order valence-corrected chi connectivity index (χ1v) is 30.8. The van der Waals surface area contributed by atoms with Crippen molar-refractivity contribution in [3.05, 3.63) is 273 Å². The molecule has 12 aromatic rings. The lowest BCUT2D eigenvalue weighted by Gasteiger charge is -2.09. The Morgan fingerprint density at radius 3 is 0.456 bits per heavy atom. The van der Waals surface area contributed by atoms with Crippen LogP contribution >= 0.6 is 0 Å². The van der Waals surface area contributed by atoms with E-state index in [0.717, 1.165) is 168 Å². The Balaban J connectivity index is 1.08. The number of rotatable bonds is 7. The van der Waals surface area contributed by atoms with Crippen LogP contribution in [0.25, 0.3) is 171 Å². The van der Waals surface area contributed by atoms with E-state index in [1.807, 2.05) is 0 Å². The van der Waals surface area contributed by atoms with Gasteiger partial charge in [-0.05, 0) is 172 Å². The molecule has 0 spiro atoms. The molecule has 0 saturated heterocycles. The molecule has 4 aliphatic heterocycles. The van der Waals surface area contributed by atoms with E-state index >= 15 is 0 Å². The Labute approximate surface area is 522 Å². The molecule has 90 heavy (non-hydrogen) atoms. The number of benzene rings is 6. The van der Waals surface area contributed by atoms with Gasteiger partial charge < -0.3 is 19.9 Å². The number of H-pyrrole nitrogens is 4. The predicted octanol–water partition coefficient (Wildman–Crippen LogP) is 21.1. The van der Waals surface area contributed by atoms with Crippen LogP contribution in [0.1, 0.15) is 78.9 Å². The zero-order chi connectivity index (χ0) is 60.7. The summed E-state index contributed by atoms with van der Waals surface area (Å²) < 4.78 is 0. The minimum absolute atomic E-state index is 0.769. The summed E-state index contributed by atoms with van der Waals surface area (Å²) in [4.78, 5) is 38.9. The SMILES string of the molecule is Cc1ccc(-c2c3nc(c(-c4ccc(C)cc4)c4ccc([nH]4)c(-c4c5nc(c(-c6ccc(C)cc6)c6ccc([nH]6)c(-c6ccc(C)cc6)c6nc(c(-c7ccc(C)cc7)c7ccc4[nH]7)C=C6)C=C5)c4nc(c(-c5ccc(C)cc5)c5ccc2[nH]5)C=C4)C=C3)cc1. The van der Waals surface area contributed by atoms with E-state index in [1.165, 1.54) is 33.4 Å². The van der Waals surface area contributed by atoms with E-state index in [2.05, 4.69) is 304 Å². The number of nitrogens with zero attached hydrogens (tertiary/aromatic N) is 4. The van der Waals surface area contributed by atoms with Crippen molar-refractivity contribution in [3.8, 4) is 77.9 Å². The van der Waals surface area contributed by atoms with Crippen LogP contribution in [0, 0.1) is 41.5 Å². The van der Waals surface area contributed by atoms with Crippen LogP contribution in [0.5, 0.6) is 0 Å². The summed E-state index contributed by atoms with van der Waals surface area (Å²) in [5.74, 6) is 0. The molecule has 0 unspecified atom stereocenters. The molecular formula is C82H62N8. The van der Waals surface area contributed by atoms with Crippen LogP contribution in [0.2, 0.25) is 0 Å². The Kier molecular flexibility index (Phi) is 13.0. The number of hydrogen-bond donors (Lipinski definition) is 4. The third-order valence-electron chi connectivity index (χ3n) is 17.8. The number of aromatic amines is 4. The van der Waals surface area contributed by atoms with Crippen LogP contribution in [0.15, 0.2) is 194 Å². The van der Waals surface area contributed by atoms with Crippen LogP contribution in [-0.4, -0.2) is 39.9 Å². The van der Waals surface area contributed by atoms with E-state index in [9.17, 15) is 0 Å². The lowest BCUT2D eigenvalue weighted by molar-refractivity contribution is 1.29. The molecule has 8 heteroatoms. The normalized spacial score (nSPS) is 12.4. The van der Waals surface area contributed by atoms with Crippen molar-refractivity contribution >= 4 is 92.7 Å². The smallest absolute Gasteiger partial charge is 0.0738 e. The molecule has 4 aliphatic rings. The van der Waals surface area contributed by atoms with Gasteiger partial charge in [0.05, 0.1) is 45.6 Å². The third kappa shape index (κ3) is 9.66. The van der Waals surface area contributed by atoms with E-state index in [1.54, 1.807) is 0 Å². The first-order chi connectivity index (χ1) is 44.0. The zero-order valence-electron chi connectivity index (χ0n) is 50.9. The Morgan fingerprint density at radius 1 is 0.167 bits per heavy atom. The summed E-state index contributed by atoms with van der Waals surface area (Å²) in [5.41, 5.74) is 34.9. The van der Waals surface area contributed by atoms with Crippen molar-refractivity contribution in [2.45, 2.75) is 41.5 Å². The first kappa shape index (κ1) is 54.0. The number of fused-ring (bicyclic) bond motifs is 16. The highest BCUT2D eigenvalue weighted by Crippen LogP contribution is 2.44. The summed E-state index contributed by atoms with van der Waals surface area (Å²) >= 11 is 0. The minimum atomic E-state index is 0.769. The van der Waals surface area contributed by atoms with Gasteiger partial charge in [0, 0.05) is 88.6 Å². The van der Waals surface area contributed by atoms with Crippen LogP contribution < -0.4 is 0 Å². The standard InChI is InChI=1S/C82H62N8/c1-47-7-19-53(20-8-47)75-59-31-35-63(83-59)77(55-23-11-49(3)12-24-55)67-39-43-71(87-67)81(72-44-40-68(88-72)78(64-36-32-60(75)84-64)56-25-13-50(4)14-26-56)82-73-45-41-69(89-73)79(57-27-15-51(5)16-28-57)65-37-33-61(85-65)76(54-21-9-48(2)10-22-54)62-34-38-66(86-62)80(70-42-46-74(82)90-70)58-29-17-52(6)18-30-58/h7-46,83,85,88,90H,1-6H3. The number of aryl methyl sites for hydroxylation is 6. The molecule has 16 rings (SSSR count). The second-order valence-corrected chi connectivity index (χ2v) is 24.2. The molecule has 0 fully saturated rings. The number of nitrogens with one attached hydrogen (secondary N) is 4. The average Bonchev–Trinajstić information content (AvgIpc) is 2.82. The molecule has 0 radical (unpaired) electrons. The van der Waals surface area contributed by atoms with Crippen molar-refractivity contribution in [2.24, 2.45) is 0 Å². The van der Waals surface area contributed by atoms with Gasteiger partial charge in [-0.1, -0.05) is 179 Å². The molecule has 6 aromatic heterocycles. The summed E-state index contributed by atoms with van der Waals surface area (Å²) in [6.45, 7) is 12.8. The van der Waals surface area contributed by atoms with Crippen molar-refractivity contribution in [1.29, 1.82) is 0 Å². The second kappa shape index (κ2) is 21.7. The molecule has 0 amide bonds. The zero-order valence-corrected chi connectivity index (χ0v) is 50.9. The predicted molar refractivity (Wildman–Crippen MR) is 378 cm³/mol. The van der Waals surface area contributed by atoms with Crippen molar-refractivity contribution in [3.63, 3.8) is 0 Å². The summed E-state index contributed by atoms with van der Waals surface area (Å²) in [7, 11) is 0. The topological polar surface area (TPSA) is 115 Å². The lowest BCUT2D eigenvalue weighted by atomic mass is 10.0. The molecular weight excluding hydrogens is 1100 g/mol. The molecule has 0 aliphatic carbocycles. The summed E-state index contributed by atoms with van der Waals surface area (Å²) in [6, 6.07) is 70.1. The van der Waals surface area contributed by atoms with Gasteiger partial charge in [0.1, 0.15) is 0 Å². The average molecular weight is 1160 g/mol. The maximum absolute atomic E-state index is 5.83. The summed E-state index contributed by atoms with van der Waals surface area (Å²) in [5, 5.41) is 0. The highest BCUT2D eigenvalue weighted by Gasteiger charge is 2.24. The molecule has 6 aromatic carbocycles. The van der Waals surface area contributed by atoms with Gasteiger partial charge in [-0.15, -0.1) is 0 Å². The first-order valence-electron chi connectivity index (χ1n) is 30.8. The molecule has 0 saturated carbocycles. The number of hydrogen-bond acceptors (Lipinski definition) is 4. The fourth-order valence-corrected chi connectivity index (χ4v) is 13.1. The van der Waals surface area contributed by atoms with Gasteiger partial charge >= 0.3 is 0 Å². The largest absolute Gasteiger partial charge is 0.354 e. The van der Waals surface area contributed by atoms with Crippen molar-refractivity contribution < 1.29 is 0 Å². The van der Waals surface area contributed by atoms with E-state index in [0.29, 0.717) is 0 Å². The van der Waals surface area contributed by atoms with E-state index in [4.69, 9.17) is 19.9 Å². The fraction of sp³-hybridized carbons (Fsp3) is 0.0732. The van der Waals surface area contributed by atoms with Gasteiger partial charge in [-0.3, -0.25) is 0 Å². The maximum atomic E-state index is 5.83. The lowest BCUT2D eigenvalue weighted by Crippen LogP contribution is -1.92. The fourth-order valence-electron chi connectivity index (χ4n) is 13.1. The molecule has 4 N–H and O–H groups in total. The van der Waals surface area contributed by atoms with Gasteiger partial charge in [0.2, 0.25) is 0 Å². The minimum Gasteiger partial charge on any atom is -0.354 e. The Hall–Kier alpha value is -11.5. The van der Waals surface area contributed by atoms with E-state index in [-0.39, 0.29) is 0 Å². The van der Waals surface area contributed by atoms with Gasteiger partial charge in [-0.25, -0.2) is 19.9 Å². The third-order valence-corrected chi connectivity index (χ3v) is 17.8. The van der Waals surface area contributed by atoms with E-state index < -0.39 is 0 Å². The van der Waals surface area contributed by atoms with Gasteiger partial charge in [0.15, 0.2) is 0 Å². The second-order valence-electron chi connectivity index (χ2n) is 24.2. The van der Waals surface area contributed by atoms with Crippen LogP contribution in [0.4, 0.5) is 0 Å². The highest BCUT2D eigenvalue weighted by atomic mass is 14.8. The molecule has 0 atom stereocenters. The van der Waals surface area contributed by atoms with Crippen molar-refractivity contribution in [2.75, 3.05) is 0 Å². The molecule has 10 heterocycles.